The van der Waals surface area contributed by atoms with Crippen LogP contribution in [-0.4, -0.2) is 40.6 Å². The quantitative estimate of drug-likeness (QED) is 0.930. The van der Waals surface area contributed by atoms with Gasteiger partial charge in [-0.2, -0.15) is 0 Å². The van der Waals surface area contributed by atoms with Crippen molar-refractivity contribution in [1.82, 2.24) is 19.8 Å². The zero-order valence-corrected chi connectivity index (χ0v) is 15.3. The number of amides is 2. The molecule has 0 fully saturated rings. The number of hydrogen-bond donors (Lipinski definition) is 1. The number of benzene rings is 1. The number of anilines is 1. The number of aromatic nitrogens is 2. The summed E-state index contributed by atoms with van der Waals surface area (Å²) in [7, 11) is 2.07. The Hall–Kier alpha value is -2.50. The second-order valence-corrected chi connectivity index (χ2v) is 7.02. The van der Waals surface area contributed by atoms with E-state index in [0.29, 0.717) is 25.6 Å². The smallest absolute Gasteiger partial charge is 0.318 e. The van der Waals surface area contributed by atoms with Gasteiger partial charge >= 0.3 is 6.03 Å². The summed E-state index contributed by atoms with van der Waals surface area (Å²) in [6.45, 7) is 7.87. The molecule has 1 N–H and O–H groups in total. The number of nitrogens with zero attached hydrogens (tertiary/aromatic N) is 4. The molecule has 0 radical (unpaired) electrons. The van der Waals surface area contributed by atoms with Crippen molar-refractivity contribution in [2.75, 3.05) is 25.0 Å². The van der Waals surface area contributed by atoms with E-state index in [1.807, 2.05) is 23.2 Å². The number of carbonyl (C=O) groups excluding carboxylic acids is 1. The summed E-state index contributed by atoms with van der Waals surface area (Å²) in [4.78, 5) is 21.1. The lowest BCUT2D eigenvalue weighted by atomic mass is 10.1. The molecule has 3 rings (SSSR count). The molecule has 0 saturated carbocycles. The van der Waals surface area contributed by atoms with Crippen LogP contribution in [0, 0.1) is 5.92 Å². The lowest BCUT2D eigenvalue weighted by molar-refractivity contribution is 0.197. The molecular weight excluding hydrogens is 314 g/mol. The minimum absolute atomic E-state index is 0.0378. The third kappa shape index (κ3) is 4.13. The van der Waals surface area contributed by atoms with E-state index in [0.717, 1.165) is 18.9 Å². The minimum atomic E-state index is -0.0378. The molecule has 0 saturated heterocycles. The number of fused-ring (bicyclic) bond motifs is 1. The van der Waals surface area contributed by atoms with Crippen molar-refractivity contribution in [3.8, 4) is 0 Å². The molecule has 25 heavy (non-hydrogen) atoms. The fourth-order valence-corrected chi connectivity index (χ4v) is 3.20. The van der Waals surface area contributed by atoms with Crippen LogP contribution in [0.3, 0.4) is 0 Å². The Bertz CT molecular complexity index is 724. The average Bonchev–Trinajstić information content (AvgIpc) is 2.94. The molecular formula is C19H27N5O. The molecule has 1 aliphatic rings. The molecule has 0 unspecified atom stereocenters. The topological polar surface area (TPSA) is 53.4 Å². The fraction of sp³-hybridized carbons (Fsp3) is 0.474. The van der Waals surface area contributed by atoms with Crippen molar-refractivity contribution >= 4 is 11.7 Å². The van der Waals surface area contributed by atoms with Crippen molar-refractivity contribution in [2.24, 2.45) is 5.92 Å². The van der Waals surface area contributed by atoms with Gasteiger partial charge in [-0.25, -0.2) is 9.78 Å². The maximum absolute atomic E-state index is 12.7. The van der Waals surface area contributed by atoms with E-state index in [1.165, 1.54) is 11.3 Å². The maximum Gasteiger partial charge on any atom is 0.318 e. The second kappa shape index (κ2) is 7.59. The van der Waals surface area contributed by atoms with Gasteiger partial charge in [0, 0.05) is 51.3 Å². The summed E-state index contributed by atoms with van der Waals surface area (Å²) >= 11 is 0. The van der Waals surface area contributed by atoms with Gasteiger partial charge in [0.05, 0.1) is 6.54 Å². The van der Waals surface area contributed by atoms with Crippen LogP contribution >= 0.6 is 0 Å². The summed E-state index contributed by atoms with van der Waals surface area (Å²) in [6.07, 6.45) is 3.76. The first-order valence-electron chi connectivity index (χ1n) is 8.86. The first-order valence-corrected chi connectivity index (χ1v) is 8.86. The Morgan fingerprint density at radius 3 is 2.88 bits per heavy atom. The van der Waals surface area contributed by atoms with Crippen molar-refractivity contribution in [1.29, 1.82) is 0 Å². The zero-order valence-electron chi connectivity index (χ0n) is 15.3. The van der Waals surface area contributed by atoms with E-state index in [2.05, 4.69) is 52.8 Å². The highest BCUT2D eigenvalue weighted by Crippen LogP contribution is 2.23. The average molecular weight is 341 g/mol. The van der Waals surface area contributed by atoms with E-state index >= 15 is 0 Å². The molecule has 2 heterocycles. The Balaban J connectivity index is 1.63. The van der Waals surface area contributed by atoms with Crippen LogP contribution in [0.2, 0.25) is 0 Å². The van der Waals surface area contributed by atoms with Gasteiger partial charge < -0.3 is 19.7 Å². The molecule has 134 valence electrons. The monoisotopic (exact) mass is 341 g/mol. The Morgan fingerprint density at radius 1 is 1.28 bits per heavy atom. The van der Waals surface area contributed by atoms with Crippen molar-refractivity contribution in [3.05, 3.63) is 48.0 Å². The van der Waals surface area contributed by atoms with Gasteiger partial charge in [-0.1, -0.05) is 32.0 Å². The molecule has 0 spiro atoms. The number of nitrogens with one attached hydrogen (secondary N) is 1. The molecule has 0 bridgehead atoms. The largest absolute Gasteiger partial charge is 0.373 e. The molecule has 1 aromatic carbocycles. The maximum atomic E-state index is 12.7. The number of carbonyl (C=O) groups is 1. The van der Waals surface area contributed by atoms with E-state index in [1.54, 1.807) is 6.20 Å². The Labute approximate surface area is 149 Å². The molecule has 2 amide bonds. The lowest BCUT2D eigenvalue weighted by Crippen LogP contribution is -2.41. The molecule has 0 atom stereocenters. The van der Waals surface area contributed by atoms with Crippen LogP contribution in [0.1, 0.15) is 25.2 Å². The highest BCUT2D eigenvalue weighted by Gasteiger charge is 2.21. The predicted molar refractivity (Wildman–Crippen MR) is 99.4 cm³/mol. The predicted octanol–water partition coefficient (Wildman–Crippen LogP) is 2.70. The zero-order chi connectivity index (χ0) is 17.8. The van der Waals surface area contributed by atoms with Crippen LogP contribution in [0.4, 0.5) is 10.5 Å². The minimum Gasteiger partial charge on any atom is -0.373 e. The van der Waals surface area contributed by atoms with E-state index in [-0.39, 0.29) is 6.03 Å². The standard InChI is InChI=1S/C19H27N5O/c1-15(2)13-23-9-8-20-18(23)12-21-19(25)24-11-10-22(3)17-7-5-4-6-16(17)14-24/h4-9,15H,10-14H2,1-3H3,(H,21,25). The molecule has 2 aromatic rings. The first-order chi connectivity index (χ1) is 12.0. The van der Waals surface area contributed by atoms with Gasteiger partial charge in [-0.3, -0.25) is 0 Å². The Morgan fingerprint density at radius 2 is 2.08 bits per heavy atom. The molecule has 6 heteroatoms. The molecule has 1 aromatic heterocycles. The molecule has 1 aliphatic heterocycles. The van der Waals surface area contributed by atoms with Crippen molar-refractivity contribution < 1.29 is 4.79 Å². The summed E-state index contributed by atoms with van der Waals surface area (Å²) in [5.74, 6) is 1.44. The van der Waals surface area contributed by atoms with Crippen LogP contribution in [-0.2, 0) is 19.6 Å². The second-order valence-electron chi connectivity index (χ2n) is 7.02. The third-order valence-corrected chi connectivity index (χ3v) is 4.52. The van der Waals surface area contributed by atoms with Gasteiger partial charge in [-0.05, 0) is 17.5 Å². The molecule has 0 aliphatic carbocycles. The number of imidazole rings is 1. The first kappa shape index (κ1) is 17.3. The summed E-state index contributed by atoms with van der Waals surface area (Å²) in [5.41, 5.74) is 2.38. The number of hydrogen-bond acceptors (Lipinski definition) is 3. The van der Waals surface area contributed by atoms with Gasteiger partial charge in [0.1, 0.15) is 5.82 Å². The number of likely N-dealkylation sites (N-methyl/N-ethyl adjacent to an activating group) is 1. The Kier molecular flexibility index (Phi) is 5.26. The van der Waals surface area contributed by atoms with Gasteiger partial charge in [-0.15, -0.1) is 0 Å². The van der Waals surface area contributed by atoms with Crippen LogP contribution in [0.5, 0.6) is 0 Å². The highest BCUT2D eigenvalue weighted by atomic mass is 16.2. The van der Waals surface area contributed by atoms with Crippen LogP contribution < -0.4 is 10.2 Å². The van der Waals surface area contributed by atoms with Gasteiger partial charge in [0.2, 0.25) is 0 Å². The SMILES string of the molecule is CC(C)Cn1ccnc1CNC(=O)N1CCN(C)c2ccccc2C1. The van der Waals surface area contributed by atoms with E-state index < -0.39 is 0 Å². The van der Waals surface area contributed by atoms with Gasteiger partial charge in [0.15, 0.2) is 0 Å². The van der Waals surface area contributed by atoms with Gasteiger partial charge in [0.25, 0.3) is 0 Å². The third-order valence-electron chi connectivity index (χ3n) is 4.52. The van der Waals surface area contributed by atoms with E-state index in [4.69, 9.17) is 0 Å². The summed E-state index contributed by atoms with van der Waals surface area (Å²) in [6, 6.07) is 8.23. The number of para-hydroxylation sites is 1. The molecule has 6 nitrogen and oxygen atoms in total. The number of rotatable bonds is 4. The van der Waals surface area contributed by atoms with Crippen molar-refractivity contribution in [3.63, 3.8) is 0 Å². The highest BCUT2D eigenvalue weighted by molar-refractivity contribution is 5.75. The normalized spacial score (nSPS) is 14.4. The fourth-order valence-electron chi connectivity index (χ4n) is 3.20. The number of urea groups is 1. The lowest BCUT2D eigenvalue weighted by Gasteiger charge is -2.21. The summed E-state index contributed by atoms with van der Waals surface area (Å²) < 4.78 is 2.11. The van der Waals surface area contributed by atoms with Crippen LogP contribution in [0.25, 0.3) is 0 Å². The van der Waals surface area contributed by atoms with E-state index in [9.17, 15) is 4.79 Å². The van der Waals surface area contributed by atoms with Crippen molar-refractivity contribution in [2.45, 2.75) is 33.5 Å². The van der Waals surface area contributed by atoms with Crippen LogP contribution in [0.15, 0.2) is 36.7 Å². The summed E-state index contributed by atoms with van der Waals surface area (Å²) in [5, 5.41) is 3.03.